The van der Waals surface area contributed by atoms with Crippen LogP contribution in [0, 0.1) is 0 Å². The molecule has 0 aliphatic heterocycles. The molecule has 1 atom stereocenters. The minimum absolute atomic E-state index is 0. The zero-order chi connectivity index (χ0) is 13.8. The van der Waals surface area contributed by atoms with Crippen molar-refractivity contribution in [3.63, 3.8) is 0 Å². The first-order valence-electron chi connectivity index (χ1n) is 4.59. The van der Waals surface area contributed by atoms with Crippen LogP contribution in [-0.2, 0) is 31.2 Å². The Morgan fingerprint density at radius 2 is 1.29 bits per heavy atom. The first-order chi connectivity index (χ1) is 7.84. The number of carboxylic acid groups (broad SMARTS) is 3. The number of rotatable bonds is 7. The Bertz CT molecular complexity index is 265. The molecule has 0 heterocycles. The zero-order valence-corrected chi connectivity index (χ0v) is 11.9. The molecule has 0 rings (SSSR count). The number of nitrogens with two attached hydrogens (primary N) is 2. The Hall–Kier alpha value is -1.32. The average molecular weight is 361 g/mol. The molecule has 0 amide bonds. The number of aliphatic carboxylic acids is 3. The molecule has 0 saturated carbocycles. The van der Waals surface area contributed by atoms with Gasteiger partial charge in [-0.15, -0.1) is 0 Å². The first-order valence-corrected chi connectivity index (χ1v) is 4.59. The Kier molecular flexibility index (Phi) is 41.5. The number of carboxylic acids is 3. The van der Waals surface area contributed by atoms with Crippen molar-refractivity contribution < 1.29 is 62.9 Å². The third-order valence-electron chi connectivity index (χ3n) is 1.31. The summed E-state index contributed by atoms with van der Waals surface area (Å²) in [6.07, 6.45) is -0.852. The molecule has 12 nitrogen and oxygen atoms in total. The molecule has 0 aliphatic carbocycles. The number of hydrogen-bond donors (Lipinski definition) is 3. The van der Waals surface area contributed by atoms with E-state index in [0.29, 0.717) is 13.1 Å². The van der Waals surface area contributed by atoms with Gasteiger partial charge in [0.25, 0.3) is 0 Å². The summed E-state index contributed by atoms with van der Waals surface area (Å²) in [6, 6.07) is -1.58. The van der Waals surface area contributed by atoms with Gasteiger partial charge in [-0.05, 0) is 0 Å². The fourth-order valence-electron chi connectivity index (χ4n) is 0.612. The second kappa shape index (κ2) is 23.7. The molecule has 0 aliphatic rings. The van der Waals surface area contributed by atoms with Gasteiger partial charge in [0.2, 0.25) is 0 Å². The van der Waals surface area contributed by atoms with Gasteiger partial charge in [-0.2, -0.15) is 0 Å². The summed E-state index contributed by atoms with van der Waals surface area (Å²) in [5.74, 6) is -4.85. The monoisotopic (exact) mass is 361 g/mol. The predicted molar refractivity (Wildman–Crippen MR) is 60.4 cm³/mol. The summed E-state index contributed by atoms with van der Waals surface area (Å²) in [5.41, 5.74) is 9.81. The van der Waals surface area contributed by atoms with Crippen LogP contribution >= 0.6 is 0 Å². The molecule has 0 unspecified atom stereocenters. The van der Waals surface area contributed by atoms with E-state index in [0.717, 1.165) is 0 Å². The quantitative estimate of drug-likeness (QED) is 0.387. The molecule has 130 valence electrons. The normalized spacial score (nSPS) is 8.86. The largest absolute Gasteiger partial charge is 3.00 e. The van der Waals surface area contributed by atoms with Crippen molar-refractivity contribution in [2.75, 3.05) is 19.6 Å². The summed E-state index contributed by atoms with van der Waals surface area (Å²) in [4.78, 5) is 30.0. The van der Waals surface area contributed by atoms with Crippen LogP contribution in [0.3, 0.4) is 0 Å². The molecule has 0 aromatic heterocycles. The van der Waals surface area contributed by atoms with Crippen LogP contribution in [0.25, 0.3) is 0 Å². The number of carbonyl (C=O) groups excluding carboxylic acids is 3. The minimum atomic E-state index is -1.70. The SMILES string of the molecule is NCCN.O.O.O.O=C([O-])CN[C@H](CC(=O)[O-])C(=O)[O-].[Co+3]. The van der Waals surface area contributed by atoms with Crippen LogP contribution in [0.1, 0.15) is 6.42 Å². The van der Waals surface area contributed by atoms with Crippen molar-refractivity contribution in [2.45, 2.75) is 12.5 Å². The third kappa shape index (κ3) is 32.3. The topological polar surface area (TPSA) is 279 Å². The zero-order valence-electron chi connectivity index (χ0n) is 10.8. The van der Waals surface area contributed by atoms with Crippen LogP contribution < -0.4 is 32.1 Å². The average Bonchev–Trinajstić information content (AvgIpc) is 2.23. The van der Waals surface area contributed by atoms with Crippen LogP contribution in [0.4, 0.5) is 0 Å². The van der Waals surface area contributed by atoms with Crippen molar-refractivity contribution in [1.82, 2.24) is 5.32 Å². The van der Waals surface area contributed by atoms with E-state index < -0.39 is 36.9 Å². The van der Waals surface area contributed by atoms with Crippen LogP contribution in [0.15, 0.2) is 0 Å². The Balaban J connectivity index is -0.0000000629. The molecule has 0 saturated heterocycles. The molecular formula is C8H20CoN3O9. The van der Waals surface area contributed by atoms with Gasteiger partial charge < -0.3 is 62.9 Å². The van der Waals surface area contributed by atoms with E-state index in [9.17, 15) is 29.7 Å². The van der Waals surface area contributed by atoms with E-state index >= 15 is 0 Å². The number of carbonyl (C=O) groups is 3. The van der Waals surface area contributed by atoms with Crippen molar-refractivity contribution in [3.8, 4) is 0 Å². The fraction of sp³-hybridized carbons (Fsp3) is 0.625. The van der Waals surface area contributed by atoms with E-state index in [4.69, 9.17) is 11.5 Å². The second-order valence-electron chi connectivity index (χ2n) is 2.78. The van der Waals surface area contributed by atoms with E-state index in [1.807, 2.05) is 5.32 Å². The predicted octanol–water partition coefficient (Wildman–Crippen LogP) is -8.99. The molecule has 13 heteroatoms. The molecule has 0 aromatic rings. The van der Waals surface area contributed by atoms with Crippen LogP contribution in [-0.4, -0.2) is 60.0 Å². The standard InChI is InChI=1S/C6H9NO6.C2H8N2.Co.3H2O/c8-4(9)1-3(6(12)13)7-2-5(10)11;3-1-2-4;;;;/h3,7H,1-2H2,(H,8,9)(H,10,11)(H,12,13);1-4H2;;3*1H2/q;;+3;;;/p-3/t3-;;;;;/m1...../s1. The maximum Gasteiger partial charge on any atom is 3.00 e. The number of hydrogen-bond acceptors (Lipinski definition) is 9. The Morgan fingerprint density at radius 3 is 1.48 bits per heavy atom. The van der Waals surface area contributed by atoms with Gasteiger partial charge in [-0.1, -0.05) is 0 Å². The van der Waals surface area contributed by atoms with Gasteiger partial charge >= 0.3 is 16.8 Å². The smallest absolute Gasteiger partial charge is 0.550 e. The van der Waals surface area contributed by atoms with Gasteiger partial charge in [-0.25, -0.2) is 0 Å². The molecular weight excluding hydrogens is 341 g/mol. The maximum absolute atomic E-state index is 10.2. The Labute approximate surface area is 130 Å². The van der Waals surface area contributed by atoms with E-state index in [1.165, 1.54) is 0 Å². The third-order valence-corrected chi connectivity index (χ3v) is 1.31. The summed E-state index contributed by atoms with van der Waals surface area (Å²) >= 11 is 0. The summed E-state index contributed by atoms with van der Waals surface area (Å²) in [6.45, 7) is 0.436. The van der Waals surface area contributed by atoms with E-state index in [-0.39, 0.29) is 33.2 Å². The van der Waals surface area contributed by atoms with Crippen LogP contribution in [0.2, 0.25) is 0 Å². The molecule has 0 aromatic carbocycles. The second-order valence-corrected chi connectivity index (χ2v) is 2.78. The Morgan fingerprint density at radius 1 is 0.905 bits per heavy atom. The van der Waals surface area contributed by atoms with Crippen molar-refractivity contribution in [1.29, 1.82) is 0 Å². The van der Waals surface area contributed by atoms with E-state index in [2.05, 4.69) is 0 Å². The summed E-state index contributed by atoms with van der Waals surface area (Å²) in [5, 5.41) is 31.9. The summed E-state index contributed by atoms with van der Waals surface area (Å²) < 4.78 is 0. The molecule has 0 fully saturated rings. The van der Waals surface area contributed by atoms with Gasteiger partial charge in [0, 0.05) is 32.0 Å². The molecule has 21 heavy (non-hydrogen) atoms. The van der Waals surface area contributed by atoms with Gasteiger partial charge in [-0.3, -0.25) is 0 Å². The first kappa shape index (κ1) is 36.7. The fourth-order valence-corrected chi connectivity index (χ4v) is 0.612. The molecule has 0 spiro atoms. The van der Waals surface area contributed by atoms with E-state index in [1.54, 1.807) is 0 Å². The van der Waals surface area contributed by atoms with Gasteiger partial charge in [0.1, 0.15) is 0 Å². The van der Waals surface area contributed by atoms with Crippen molar-refractivity contribution >= 4 is 17.9 Å². The van der Waals surface area contributed by atoms with Crippen LogP contribution in [0.5, 0.6) is 0 Å². The molecule has 0 bridgehead atoms. The minimum Gasteiger partial charge on any atom is -0.550 e. The van der Waals surface area contributed by atoms with Crippen molar-refractivity contribution in [2.24, 2.45) is 11.5 Å². The van der Waals surface area contributed by atoms with Crippen molar-refractivity contribution in [3.05, 3.63) is 0 Å². The maximum atomic E-state index is 10.2. The van der Waals surface area contributed by atoms with Gasteiger partial charge in [0.05, 0.1) is 18.0 Å². The number of nitrogens with one attached hydrogen (secondary N) is 1. The van der Waals surface area contributed by atoms with Gasteiger partial charge in [0.15, 0.2) is 0 Å². The summed E-state index contributed by atoms with van der Waals surface area (Å²) in [7, 11) is 0. The molecule has 0 radical (unpaired) electrons. The molecule has 11 N–H and O–H groups in total.